The summed E-state index contributed by atoms with van der Waals surface area (Å²) in [5.74, 6) is -0.834. The van der Waals surface area contributed by atoms with Crippen LogP contribution in [-0.4, -0.2) is 27.0 Å². The lowest BCUT2D eigenvalue weighted by Crippen LogP contribution is -2.30. The molecule has 0 aliphatic heterocycles. The van der Waals surface area contributed by atoms with E-state index in [1.54, 1.807) is 18.3 Å². The molecule has 5 heteroatoms. The first-order valence-electron chi connectivity index (χ1n) is 7.36. The number of aromatic nitrogens is 3. The lowest BCUT2D eigenvalue weighted by molar-refractivity contribution is -0.132. The van der Waals surface area contributed by atoms with E-state index in [4.69, 9.17) is 0 Å². The Hall–Kier alpha value is -2.17. The standard InChI is InChI=1S/C17H21N3O2/c1-16(2,12-6-5-7-13(21)15(12)22)9-10-17(3,4)14-8-11-18-20-19-14/h5-8,11H,9-10H2,1-4H3. The monoisotopic (exact) mass is 299 g/mol. The summed E-state index contributed by atoms with van der Waals surface area (Å²) in [6.45, 7) is 8.18. The fourth-order valence-electron chi connectivity index (χ4n) is 2.54. The predicted molar refractivity (Wildman–Crippen MR) is 83.1 cm³/mol. The van der Waals surface area contributed by atoms with E-state index in [1.807, 2.05) is 19.9 Å². The van der Waals surface area contributed by atoms with Gasteiger partial charge in [-0.2, -0.15) is 0 Å². The molecule has 1 aliphatic carbocycles. The van der Waals surface area contributed by atoms with E-state index >= 15 is 0 Å². The minimum absolute atomic E-state index is 0.175. The number of carbonyl (C=O) groups excluding carboxylic acids is 2. The molecule has 0 amide bonds. The van der Waals surface area contributed by atoms with Gasteiger partial charge in [-0.25, -0.2) is 0 Å². The lowest BCUT2D eigenvalue weighted by Gasteiger charge is -2.32. The Morgan fingerprint density at radius 2 is 1.73 bits per heavy atom. The van der Waals surface area contributed by atoms with Crippen LogP contribution in [0.4, 0.5) is 0 Å². The number of hydrogen-bond donors (Lipinski definition) is 0. The Labute approximate surface area is 130 Å². The van der Waals surface area contributed by atoms with Crippen LogP contribution in [0, 0.1) is 5.41 Å². The molecule has 5 nitrogen and oxygen atoms in total. The van der Waals surface area contributed by atoms with Crippen LogP contribution in [0.25, 0.3) is 0 Å². The number of allylic oxidation sites excluding steroid dienone is 4. The van der Waals surface area contributed by atoms with Crippen molar-refractivity contribution in [2.75, 3.05) is 0 Å². The lowest BCUT2D eigenvalue weighted by atomic mass is 9.71. The summed E-state index contributed by atoms with van der Waals surface area (Å²) in [5, 5.41) is 11.5. The SMILES string of the molecule is CC(C)(CCC(C)(C)c1ccnnn1)C1=CC=CC(=O)C1=O. The summed E-state index contributed by atoms with van der Waals surface area (Å²) in [6, 6.07) is 1.86. The molecule has 0 N–H and O–H groups in total. The highest BCUT2D eigenvalue weighted by Gasteiger charge is 2.34. The molecule has 0 radical (unpaired) electrons. The summed E-state index contributed by atoms with van der Waals surface area (Å²) in [4.78, 5) is 23.6. The van der Waals surface area contributed by atoms with E-state index in [9.17, 15) is 9.59 Å². The van der Waals surface area contributed by atoms with Gasteiger partial charge in [-0.15, -0.1) is 10.2 Å². The van der Waals surface area contributed by atoms with Crippen molar-refractivity contribution in [1.82, 2.24) is 15.4 Å². The molecule has 0 bridgehead atoms. The number of Topliss-reactive ketones (excluding diaryl/α,β-unsaturated/α-hetero) is 1. The summed E-state index contributed by atoms with van der Waals surface area (Å²) in [5.41, 5.74) is 0.912. The van der Waals surface area contributed by atoms with E-state index in [2.05, 4.69) is 29.3 Å². The quantitative estimate of drug-likeness (QED) is 0.617. The van der Waals surface area contributed by atoms with Crippen LogP contribution in [0.3, 0.4) is 0 Å². The molecule has 0 saturated carbocycles. The molecule has 0 saturated heterocycles. The fraction of sp³-hybridized carbons (Fsp3) is 0.471. The van der Waals surface area contributed by atoms with Crippen molar-refractivity contribution >= 4 is 11.6 Å². The second-order valence-corrected chi connectivity index (χ2v) is 6.91. The zero-order chi connectivity index (χ0) is 16.4. The molecule has 0 atom stereocenters. The highest BCUT2D eigenvalue weighted by molar-refractivity contribution is 6.48. The average Bonchev–Trinajstić information content (AvgIpc) is 2.49. The molecule has 1 aromatic rings. The van der Waals surface area contributed by atoms with E-state index < -0.39 is 11.6 Å². The number of nitrogens with zero attached hydrogens (tertiary/aromatic N) is 3. The van der Waals surface area contributed by atoms with Gasteiger partial charge in [0.25, 0.3) is 0 Å². The highest BCUT2D eigenvalue weighted by Crippen LogP contribution is 2.38. The third kappa shape index (κ3) is 3.35. The number of rotatable bonds is 5. The molecule has 0 aromatic carbocycles. The van der Waals surface area contributed by atoms with E-state index in [0.29, 0.717) is 5.57 Å². The molecule has 0 fully saturated rings. The van der Waals surface area contributed by atoms with Crippen molar-refractivity contribution in [2.24, 2.45) is 5.41 Å². The van der Waals surface area contributed by atoms with Gasteiger partial charge in [-0.1, -0.05) is 39.8 Å². The van der Waals surface area contributed by atoms with Gasteiger partial charge in [0.15, 0.2) is 0 Å². The van der Waals surface area contributed by atoms with Crippen LogP contribution in [0.2, 0.25) is 0 Å². The smallest absolute Gasteiger partial charge is 0.229 e. The summed E-state index contributed by atoms with van der Waals surface area (Å²) >= 11 is 0. The molecule has 116 valence electrons. The van der Waals surface area contributed by atoms with Gasteiger partial charge < -0.3 is 0 Å². The Morgan fingerprint density at radius 1 is 1.05 bits per heavy atom. The van der Waals surface area contributed by atoms with Crippen molar-refractivity contribution < 1.29 is 9.59 Å². The van der Waals surface area contributed by atoms with Crippen LogP contribution in [0.15, 0.2) is 36.1 Å². The molecule has 1 heterocycles. The van der Waals surface area contributed by atoms with E-state index in [0.717, 1.165) is 18.5 Å². The minimum atomic E-state index is -0.440. The van der Waals surface area contributed by atoms with Gasteiger partial charge in [0, 0.05) is 11.0 Å². The Morgan fingerprint density at radius 3 is 2.36 bits per heavy atom. The van der Waals surface area contributed by atoms with Gasteiger partial charge >= 0.3 is 0 Å². The maximum atomic E-state index is 12.1. The average molecular weight is 299 g/mol. The Kier molecular flexibility index (Phi) is 4.35. The largest absolute Gasteiger partial charge is 0.286 e. The van der Waals surface area contributed by atoms with Gasteiger partial charge in [0.2, 0.25) is 11.6 Å². The predicted octanol–water partition coefficient (Wildman–Crippen LogP) is 2.59. The van der Waals surface area contributed by atoms with Crippen molar-refractivity contribution in [3.05, 3.63) is 41.8 Å². The van der Waals surface area contributed by atoms with Crippen molar-refractivity contribution in [1.29, 1.82) is 0 Å². The summed E-state index contributed by atoms with van der Waals surface area (Å²) in [7, 11) is 0. The van der Waals surface area contributed by atoms with E-state index in [1.165, 1.54) is 6.08 Å². The van der Waals surface area contributed by atoms with Crippen LogP contribution in [0.5, 0.6) is 0 Å². The van der Waals surface area contributed by atoms with E-state index in [-0.39, 0.29) is 10.8 Å². The number of hydrogen-bond acceptors (Lipinski definition) is 5. The first-order valence-corrected chi connectivity index (χ1v) is 7.36. The van der Waals surface area contributed by atoms with Crippen LogP contribution < -0.4 is 0 Å². The molecule has 22 heavy (non-hydrogen) atoms. The summed E-state index contributed by atoms with van der Waals surface area (Å²) < 4.78 is 0. The molecule has 0 unspecified atom stereocenters. The maximum absolute atomic E-state index is 12.1. The van der Waals surface area contributed by atoms with Crippen LogP contribution in [0.1, 0.15) is 46.2 Å². The number of carbonyl (C=O) groups is 2. The third-order valence-electron chi connectivity index (χ3n) is 4.28. The highest BCUT2D eigenvalue weighted by atomic mass is 16.2. The molecule has 0 spiro atoms. The van der Waals surface area contributed by atoms with Crippen LogP contribution in [-0.2, 0) is 15.0 Å². The minimum Gasteiger partial charge on any atom is -0.286 e. The van der Waals surface area contributed by atoms with Gasteiger partial charge in [0.05, 0.1) is 11.9 Å². The molecular weight excluding hydrogens is 278 g/mol. The van der Waals surface area contributed by atoms with Crippen LogP contribution >= 0.6 is 0 Å². The van der Waals surface area contributed by atoms with Gasteiger partial charge in [-0.3, -0.25) is 9.59 Å². The normalized spacial score (nSPS) is 15.9. The molecule has 1 aromatic heterocycles. The zero-order valence-electron chi connectivity index (χ0n) is 13.5. The topological polar surface area (TPSA) is 72.8 Å². The van der Waals surface area contributed by atoms with Crippen molar-refractivity contribution in [2.45, 2.75) is 46.0 Å². The zero-order valence-corrected chi connectivity index (χ0v) is 13.5. The molecule has 2 rings (SSSR count). The second-order valence-electron chi connectivity index (χ2n) is 6.91. The Balaban J connectivity index is 2.13. The van der Waals surface area contributed by atoms with Crippen molar-refractivity contribution in [3.63, 3.8) is 0 Å². The molecule has 1 aliphatic rings. The Bertz CT molecular complexity index is 643. The first kappa shape index (κ1) is 16.2. The maximum Gasteiger partial charge on any atom is 0.229 e. The number of ketones is 2. The van der Waals surface area contributed by atoms with Gasteiger partial charge in [0.1, 0.15) is 0 Å². The molecular formula is C17H21N3O2. The second kappa shape index (κ2) is 5.91. The summed E-state index contributed by atoms with van der Waals surface area (Å²) in [6.07, 6.45) is 7.94. The first-order chi connectivity index (χ1) is 10.2. The fourth-order valence-corrected chi connectivity index (χ4v) is 2.54. The van der Waals surface area contributed by atoms with Crippen molar-refractivity contribution in [3.8, 4) is 0 Å². The van der Waals surface area contributed by atoms with Gasteiger partial charge in [-0.05, 0) is 35.6 Å². The third-order valence-corrected chi connectivity index (χ3v) is 4.28.